The van der Waals surface area contributed by atoms with Crippen molar-refractivity contribution in [2.24, 2.45) is 0 Å². The van der Waals surface area contributed by atoms with Gasteiger partial charge in [-0.15, -0.1) is 11.3 Å². The highest BCUT2D eigenvalue weighted by atomic mass is 32.1. The van der Waals surface area contributed by atoms with Crippen LogP contribution in [0, 0.1) is 13.8 Å². The van der Waals surface area contributed by atoms with E-state index < -0.39 is 0 Å². The summed E-state index contributed by atoms with van der Waals surface area (Å²) in [6.45, 7) is 8.56. The van der Waals surface area contributed by atoms with E-state index in [2.05, 4.69) is 20.4 Å². The van der Waals surface area contributed by atoms with Crippen molar-refractivity contribution >= 4 is 17.2 Å². The third-order valence-corrected chi connectivity index (χ3v) is 4.81. The first-order valence-corrected chi connectivity index (χ1v) is 8.44. The molecule has 2 aromatic rings. The van der Waals surface area contributed by atoms with E-state index in [1.165, 1.54) is 11.3 Å². The summed E-state index contributed by atoms with van der Waals surface area (Å²) in [6, 6.07) is 0. The van der Waals surface area contributed by atoms with Crippen LogP contribution in [0.2, 0.25) is 0 Å². The smallest absolute Gasteiger partial charge is 0.263 e. The molecule has 0 bridgehead atoms. The van der Waals surface area contributed by atoms with Crippen LogP contribution in [0.3, 0.4) is 0 Å². The van der Waals surface area contributed by atoms with Crippen LogP contribution in [0.15, 0.2) is 10.7 Å². The molecule has 124 valence electrons. The molecule has 8 heteroatoms. The van der Waals surface area contributed by atoms with E-state index in [9.17, 15) is 4.79 Å². The Hall–Kier alpha value is -1.77. The van der Waals surface area contributed by atoms with Gasteiger partial charge >= 0.3 is 0 Å². The lowest BCUT2D eigenvalue weighted by molar-refractivity contribution is 0.0383. The molecule has 0 spiro atoms. The van der Waals surface area contributed by atoms with E-state index in [1.54, 1.807) is 6.20 Å². The fourth-order valence-electron chi connectivity index (χ4n) is 2.52. The van der Waals surface area contributed by atoms with Gasteiger partial charge in [-0.2, -0.15) is 0 Å². The summed E-state index contributed by atoms with van der Waals surface area (Å²) in [6.07, 6.45) is 1.61. The van der Waals surface area contributed by atoms with Crippen LogP contribution in [0.25, 0.3) is 10.6 Å². The second kappa shape index (κ2) is 7.20. The number of aromatic nitrogens is 2. The number of ether oxygens (including phenoxy) is 1. The molecule has 2 aromatic heterocycles. The highest BCUT2D eigenvalue weighted by molar-refractivity contribution is 7.16. The average molecular weight is 336 g/mol. The number of amides is 1. The van der Waals surface area contributed by atoms with Crippen molar-refractivity contribution in [2.45, 2.75) is 13.8 Å². The summed E-state index contributed by atoms with van der Waals surface area (Å²) < 4.78 is 10.5. The molecule has 0 saturated carbocycles. The average Bonchev–Trinajstić information content (AvgIpc) is 3.15. The maximum absolute atomic E-state index is 12.2. The van der Waals surface area contributed by atoms with Crippen LogP contribution in [-0.2, 0) is 4.74 Å². The molecule has 1 fully saturated rings. The number of carbonyl (C=O) groups is 1. The third kappa shape index (κ3) is 3.77. The van der Waals surface area contributed by atoms with Gasteiger partial charge in [0, 0.05) is 26.2 Å². The van der Waals surface area contributed by atoms with E-state index in [0.29, 0.717) is 11.4 Å². The molecule has 1 amide bonds. The predicted octanol–water partition coefficient (Wildman–Crippen LogP) is 1.48. The number of rotatable bonds is 5. The minimum atomic E-state index is -0.0891. The standard InChI is InChI=1S/C15H20N4O3S/c1-10-13(11(2)22-18-10)15-17-9-12(23-15)14(20)16-3-4-19-5-7-21-8-6-19/h9H,3-8H2,1-2H3,(H,16,20). The minimum absolute atomic E-state index is 0.0891. The van der Waals surface area contributed by atoms with Crippen molar-refractivity contribution in [3.63, 3.8) is 0 Å². The number of thiazole rings is 1. The maximum Gasteiger partial charge on any atom is 0.263 e. The van der Waals surface area contributed by atoms with Crippen LogP contribution < -0.4 is 5.32 Å². The number of carbonyl (C=O) groups excluding carboxylic acids is 1. The Kier molecular flexibility index (Phi) is 5.04. The summed E-state index contributed by atoms with van der Waals surface area (Å²) in [4.78, 5) is 19.4. The van der Waals surface area contributed by atoms with Crippen LogP contribution in [0.4, 0.5) is 0 Å². The fraction of sp³-hybridized carbons (Fsp3) is 0.533. The van der Waals surface area contributed by atoms with Crippen LogP contribution in [0.1, 0.15) is 21.1 Å². The van der Waals surface area contributed by atoms with E-state index in [1.807, 2.05) is 13.8 Å². The van der Waals surface area contributed by atoms with Crippen LogP contribution >= 0.6 is 11.3 Å². The molecule has 1 aliphatic rings. The molecular formula is C15H20N4O3S. The van der Waals surface area contributed by atoms with Gasteiger partial charge in [-0.05, 0) is 13.8 Å². The minimum Gasteiger partial charge on any atom is -0.379 e. The summed E-state index contributed by atoms with van der Waals surface area (Å²) in [5.41, 5.74) is 1.67. The van der Waals surface area contributed by atoms with Crippen molar-refractivity contribution in [3.8, 4) is 10.6 Å². The van der Waals surface area contributed by atoms with Crippen molar-refractivity contribution in [1.82, 2.24) is 20.4 Å². The quantitative estimate of drug-likeness (QED) is 0.891. The Morgan fingerprint density at radius 2 is 2.17 bits per heavy atom. The number of morpholine rings is 1. The maximum atomic E-state index is 12.2. The van der Waals surface area contributed by atoms with Crippen molar-refractivity contribution < 1.29 is 14.1 Å². The number of nitrogens with one attached hydrogen (secondary N) is 1. The molecule has 0 unspecified atom stereocenters. The highest BCUT2D eigenvalue weighted by Gasteiger charge is 2.18. The zero-order chi connectivity index (χ0) is 16.2. The van der Waals surface area contributed by atoms with Gasteiger partial charge in [0.1, 0.15) is 15.6 Å². The lowest BCUT2D eigenvalue weighted by Crippen LogP contribution is -2.41. The number of hydrogen-bond donors (Lipinski definition) is 1. The Morgan fingerprint density at radius 1 is 1.39 bits per heavy atom. The first kappa shape index (κ1) is 16.1. The predicted molar refractivity (Wildman–Crippen MR) is 86.7 cm³/mol. The molecule has 3 heterocycles. The van der Waals surface area contributed by atoms with Crippen LogP contribution in [-0.4, -0.2) is 60.3 Å². The molecule has 1 N–H and O–H groups in total. The van der Waals surface area contributed by atoms with Crippen LogP contribution in [0.5, 0.6) is 0 Å². The van der Waals surface area contributed by atoms with E-state index in [-0.39, 0.29) is 5.91 Å². The lowest BCUT2D eigenvalue weighted by Gasteiger charge is -2.26. The molecule has 0 radical (unpaired) electrons. The van der Waals surface area contributed by atoms with Crippen molar-refractivity contribution in [2.75, 3.05) is 39.4 Å². The Morgan fingerprint density at radius 3 is 2.87 bits per heavy atom. The molecule has 3 rings (SSSR count). The second-order valence-corrected chi connectivity index (χ2v) is 6.47. The monoisotopic (exact) mass is 336 g/mol. The molecule has 0 aromatic carbocycles. The van der Waals surface area contributed by atoms with Gasteiger partial charge in [-0.1, -0.05) is 5.16 Å². The zero-order valence-corrected chi connectivity index (χ0v) is 14.1. The number of aryl methyl sites for hydroxylation is 2. The van der Waals surface area contributed by atoms with Gasteiger partial charge in [-0.3, -0.25) is 9.69 Å². The van der Waals surface area contributed by atoms with Gasteiger partial charge in [0.05, 0.1) is 30.7 Å². The topological polar surface area (TPSA) is 80.5 Å². The summed E-state index contributed by atoms with van der Waals surface area (Å²) in [5, 5.41) is 7.63. The van der Waals surface area contributed by atoms with Crippen molar-refractivity contribution in [3.05, 3.63) is 22.5 Å². The number of hydrogen-bond acceptors (Lipinski definition) is 7. The van der Waals surface area contributed by atoms with Gasteiger partial charge < -0.3 is 14.6 Å². The lowest BCUT2D eigenvalue weighted by atomic mass is 10.2. The summed E-state index contributed by atoms with van der Waals surface area (Å²) in [7, 11) is 0. The van der Waals surface area contributed by atoms with Gasteiger partial charge in [0.2, 0.25) is 0 Å². The molecular weight excluding hydrogens is 316 g/mol. The third-order valence-electron chi connectivity index (χ3n) is 3.79. The molecule has 0 aliphatic carbocycles. The summed E-state index contributed by atoms with van der Waals surface area (Å²) in [5.74, 6) is 0.630. The summed E-state index contributed by atoms with van der Waals surface area (Å²) >= 11 is 1.36. The number of nitrogens with zero attached hydrogens (tertiary/aromatic N) is 3. The van der Waals surface area contributed by atoms with Gasteiger partial charge in [0.15, 0.2) is 0 Å². The fourth-order valence-corrected chi connectivity index (χ4v) is 3.50. The Balaban J connectivity index is 1.56. The van der Waals surface area contributed by atoms with Gasteiger partial charge in [0.25, 0.3) is 5.91 Å². The first-order chi connectivity index (χ1) is 11.1. The second-order valence-electron chi connectivity index (χ2n) is 5.44. The molecule has 1 aliphatic heterocycles. The first-order valence-electron chi connectivity index (χ1n) is 7.62. The highest BCUT2D eigenvalue weighted by Crippen LogP contribution is 2.30. The van der Waals surface area contributed by atoms with Crippen molar-refractivity contribution in [1.29, 1.82) is 0 Å². The molecule has 23 heavy (non-hydrogen) atoms. The molecule has 7 nitrogen and oxygen atoms in total. The molecule has 0 atom stereocenters. The van der Waals surface area contributed by atoms with E-state index in [0.717, 1.165) is 54.9 Å². The Labute approximate surface area is 138 Å². The SMILES string of the molecule is Cc1noc(C)c1-c1ncc(C(=O)NCCN2CCOCC2)s1. The largest absolute Gasteiger partial charge is 0.379 e. The van der Waals surface area contributed by atoms with E-state index >= 15 is 0 Å². The molecule has 1 saturated heterocycles. The Bertz CT molecular complexity index is 657. The normalized spacial score (nSPS) is 15.7. The van der Waals surface area contributed by atoms with E-state index in [4.69, 9.17) is 9.26 Å². The zero-order valence-electron chi connectivity index (χ0n) is 13.3. The van der Waals surface area contributed by atoms with Gasteiger partial charge in [-0.25, -0.2) is 4.98 Å².